The van der Waals surface area contributed by atoms with Crippen LogP contribution in [0.1, 0.15) is 37.6 Å². The van der Waals surface area contributed by atoms with Gasteiger partial charge in [0, 0.05) is 18.0 Å². The molecule has 102 valence electrons. The highest BCUT2D eigenvalue weighted by Crippen LogP contribution is 2.14. The molecule has 1 rings (SSSR count). The average Bonchev–Trinajstić information content (AvgIpc) is 2.71. The summed E-state index contributed by atoms with van der Waals surface area (Å²) < 4.78 is 0. The normalized spacial score (nSPS) is 12.7. The average molecular weight is 268 g/mol. The lowest BCUT2D eigenvalue weighted by atomic mass is 10.1. The van der Waals surface area contributed by atoms with Crippen molar-refractivity contribution in [3.63, 3.8) is 0 Å². The van der Waals surface area contributed by atoms with Crippen molar-refractivity contribution in [2.75, 3.05) is 6.54 Å². The second-order valence-electron chi connectivity index (χ2n) is 5.10. The first-order chi connectivity index (χ1) is 8.50. The predicted molar refractivity (Wildman–Crippen MR) is 77.8 cm³/mol. The molecule has 0 aliphatic heterocycles. The minimum atomic E-state index is -0.140. The Labute approximate surface area is 114 Å². The van der Waals surface area contributed by atoms with Gasteiger partial charge in [-0.05, 0) is 43.2 Å². The predicted octanol–water partition coefficient (Wildman–Crippen LogP) is 2.70. The zero-order chi connectivity index (χ0) is 13.5. The standard InChI is InChI=1S/C14H24N2OS/c1-10(2)5-7-15-14(17)12(4)16-9-13-11(3)6-8-18-13/h6,8,10,12,16H,5,7,9H2,1-4H3,(H,15,17). The molecule has 18 heavy (non-hydrogen) atoms. The number of rotatable bonds is 7. The summed E-state index contributed by atoms with van der Waals surface area (Å²) in [5, 5.41) is 8.31. The summed E-state index contributed by atoms with van der Waals surface area (Å²) in [5.41, 5.74) is 1.29. The summed E-state index contributed by atoms with van der Waals surface area (Å²) in [6, 6.07) is 1.97. The molecule has 0 saturated carbocycles. The molecule has 1 amide bonds. The number of hydrogen-bond donors (Lipinski definition) is 2. The lowest BCUT2D eigenvalue weighted by molar-refractivity contribution is -0.122. The van der Waals surface area contributed by atoms with Crippen molar-refractivity contribution >= 4 is 17.2 Å². The highest BCUT2D eigenvalue weighted by molar-refractivity contribution is 7.10. The van der Waals surface area contributed by atoms with Crippen LogP contribution in [0.15, 0.2) is 11.4 Å². The van der Waals surface area contributed by atoms with E-state index in [2.05, 4.69) is 42.9 Å². The molecule has 0 bridgehead atoms. The van der Waals surface area contributed by atoms with Gasteiger partial charge in [-0.15, -0.1) is 11.3 Å². The zero-order valence-electron chi connectivity index (χ0n) is 11.7. The number of nitrogens with one attached hydrogen (secondary N) is 2. The lowest BCUT2D eigenvalue weighted by Gasteiger charge is -2.14. The second-order valence-corrected chi connectivity index (χ2v) is 6.10. The third-order valence-electron chi connectivity index (χ3n) is 2.95. The number of aryl methyl sites for hydroxylation is 1. The molecule has 0 aliphatic carbocycles. The van der Waals surface area contributed by atoms with Crippen LogP contribution in [0.5, 0.6) is 0 Å². The maximum absolute atomic E-state index is 11.8. The Morgan fingerprint density at radius 2 is 2.11 bits per heavy atom. The zero-order valence-corrected chi connectivity index (χ0v) is 12.6. The minimum absolute atomic E-state index is 0.0878. The van der Waals surface area contributed by atoms with Crippen molar-refractivity contribution in [3.05, 3.63) is 21.9 Å². The molecule has 1 aromatic rings. The molecule has 3 nitrogen and oxygen atoms in total. The van der Waals surface area contributed by atoms with Gasteiger partial charge >= 0.3 is 0 Å². The number of carbonyl (C=O) groups excluding carboxylic acids is 1. The third kappa shape index (κ3) is 5.19. The van der Waals surface area contributed by atoms with Crippen LogP contribution in [0, 0.1) is 12.8 Å². The topological polar surface area (TPSA) is 41.1 Å². The van der Waals surface area contributed by atoms with Gasteiger partial charge in [0.1, 0.15) is 0 Å². The molecule has 1 heterocycles. The van der Waals surface area contributed by atoms with Gasteiger partial charge < -0.3 is 10.6 Å². The molecular weight excluding hydrogens is 244 g/mol. The lowest BCUT2D eigenvalue weighted by Crippen LogP contribution is -2.42. The van der Waals surface area contributed by atoms with E-state index in [0.29, 0.717) is 5.92 Å². The van der Waals surface area contributed by atoms with Crippen LogP contribution in [0.3, 0.4) is 0 Å². The van der Waals surface area contributed by atoms with Crippen molar-refractivity contribution in [2.45, 2.75) is 46.7 Å². The van der Waals surface area contributed by atoms with Gasteiger partial charge in [-0.25, -0.2) is 0 Å². The molecule has 1 unspecified atom stereocenters. The van der Waals surface area contributed by atoms with E-state index in [1.54, 1.807) is 11.3 Å². The van der Waals surface area contributed by atoms with E-state index in [1.807, 2.05) is 6.92 Å². The van der Waals surface area contributed by atoms with Crippen LogP contribution in [0.4, 0.5) is 0 Å². The summed E-state index contributed by atoms with van der Waals surface area (Å²) >= 11 is 1.73. The summed E-state index contributed by atoms with van der Waals surface area (Å²) in [5.74, 6) is 0.715. The van der Waals surface area contributed by atoms with Gasteiger partial charge in [0.25, 0.3) is 0 Å². The van der Waals surface area contributed by atoms with E-state index >= 15 is 0 Å². The Balaban J connectivity index is 2.25. The molecule has 4 heteroatoms. The van der Waals surface area contributed by atoms with Crippen LogP contribution in [-0.4, -0.2) is 18.5 Å². The smallest absolute Gasteiger partial charge is 0.236 e. The molecule has 0 radical (unpaired) electrons. The maximum atomic E-state index is 11.8. The van der Waals surface area contributed by atoms with Gasteiger partial charge in [-0.3, -0.25) is 4.79 Å². The first-order valence-electron chi connectivity index (χ1n) is 6.54. The van der Waals surface area contributed by atoms with E-state index in [4.69, 9.17) is 0 Å². The van der Waals surface area contributed by atoms with Gasteiger partial charge in [-0.1, -0.05) is 13.8 Å². The summed E-state index contributed by atoms with van der Waals surface area (Å²) in [6.07, 6.45) is 1.03. The van der Waals surface area contributed by atoms with Gasteiger partial charge in [0.05, 0.1) is 6.04 Å². The van der Waals surface area contributed by atoms with E-state index in [9.17, 15) is 4.79 Å². The van der Waals surface area contributed by atoms with E-state index < -0.39 is 0 Å². The second kappa shape index (κ2) is 7.54. The fourth-order valence-electron chi connectivity index (χ4n) is 1.56. The van der Waals surface area contributed by atoms with E-state index in [0.717, 1.165) is 19.5 Å². The molecule has 2 N–H and O–H groups in total. The minimum Gasteiger partial charge on any atom is -0.355 e. The quantitative estimate of drug-likeness (QED) is 0.798. The molecular formula is C14H24N2OS. The molecule has 0 saturated heterocycles. The molecule has 0 aromatic carbocycles. The molecule has 0 aliphatic rings. The third-order valence-corrected chi connectivity index (χ3v) is 3.97. The highest BCUT2D eigenvalue weighted by Gasteiger charge is 2.12. The van der Waals surface area contributed by atoms with Crippen LogP contribution < -0.4 is 10.6 Å². The fraction of sp³-hybridized carbons (Fsp3) is 0.643. The largest absolute Gasteiger partial charge is 0.355 e. The van der Waals surface area contributed by atoms with Gasteiger partial charge in [0.2, 0.25) is 5.91 Å². The Morgan fingerprint density at radius 3 is 2.67 bits per heavy atom. The fourth-order valence-corrected chi connectivity index (χ4v) is 2.42. The monoisotopic (exact) mass is 268 g/mol. The Hall–Kier alpha value is -0.870. The summed E-state index contributed by atoms with van der Waals surface area (Å²) in [6.45, 7) is 9.86. The van der Waals surface area contributed by atoms with Crippen LogP contribution >= 0.6 is 11.3 Å². The molecule has 0 fully saturated rings. The SMILES string of the molecule is Cc1ccsc1CNC(C)C(=O)NCCC(C)C. The van der Waals surface area contributed by atoms with Gasteiger partial charge in [-0.2, -0.15) is 0 Å². The van der Waals surface area contributed by atoms with Crippen LogP contribution in [0.25, 0.3) is 0 Å². The number of hydrogen-bond acceptors (Lipinski definition) is 3. The first kappa shape index (κ1) is 15.2. The van der Waals surface area contributed by atoms with Crippen LogP contribution in [-0.2, 0) is 11.3 Å². The van der Waals surface area contributed by atoms with Crippen molar-refractivity contribution in [3.8, 4) is 0 Å². The summed E-state index contributed by atoms with van der Waals surface area (Å²) in [7, 11) is 0. The van der Waals surface area contributed by atoms with Gasteiger partial charge in [0.15, 0.2) is 0 Å². The Kier molecular flexibility index (Phi) is 6.36. The Morgan fingerprint density at radius 1 is 1.39 bits per heavy atom. The van der Waals surface area contributed by atoms with Crippen LogP contribution in [0.2, 0.25) is 0 Å². The molecule has 0 spiro atoms. The van der Waals surface area contributed by atoms with Crippen molar-refractivity contribution in [1.29, 1.82) is 0 Å². The van der Waals surface area contributed by atoms with Crippen molar-refractivity contribution in [1.82, 2.24) is 10.6 Å². The van der Waals surface area contributed by atoms with E-state index in [-0.39, 0.29) is 11.9 Å². The first-order valence-corrected chi connectivity index (χ1v) is 7.42. The number of amides is 1. The number of thiophene rings is 1. The highest BCUT2D eigenvalue weighted by atomic mass is 32.1. The van der Waals surface area contributed by atoms with E-state index in [1.165, 1.54) is 10.4 Å². The van der Waals surface area contributed by atoms with Crippen molar-refractivity contribution in [2.24, 2.45) is 5.92 Å². The molecule has 1 aromatic heterocycles. The molecule has 1 atom stereocenters. The Bertz CT molecular complexity index is 374. The number of carbonyl (C=O) groups is 1. The maximum Gasteiger partial charge on any atom is 0.236 e. The van der Waals surface area contributed by atoms with Crippen molar-refractivity contribution < 1.29 is 4.79 Å². The summed E-state index contributed by atoms with van der Waals surface area (Å²) in [4.78, 5) is 13.1.